The van der Waals surface area contributed by atoms with Crippen molar-refractivity contribution < 1.29 is 22.7 Å². The van der Waals surface area contributed by atoms with E-state index in [9.17, 15) is 18.0 Å². The Hall–Kier alpha value is -1.61. The molecule has 6 nitrogen and oxygen atoms in total. The van der Waals surface area contributed by atoms with Gasteiger partial charge in [-0.3, -0.25) is 4.79 Å². The lowest BCUT2D eigenvalue weighted by Gasteiger charge is -2.34. The van der Waals surface area contributed by atoms with Gasteiger partial charge in [0.1, 0.15) is 17.0 Å². The molecule has 20 heavy (non-hydrogen) atoms. The molecule has 0 spiro atoms. The summed E-state index contributed by atoms with van der Waals surface area (Å²) in [5.41, 5.74) is 5.20. The van der Waals surface area contributed by atoms with Crippen molar-refractivity contribution in [2.24, 2.45) is 5.73 Å². The number of rotatable bonds is 2. The highest BCUT2D eigenvalue weighted by Crippen LogP contribution is 2.30. The molecule has 2 rings (SSSR count). The Morgan fingerprint density at radius 2 is 2.20 bits per heavy atom. The van der Waals surface area contributed by atoms with Crippen LogP contribution in [0.15, 0.2) is 6.07 Å². The van der Waals surface area contributed by atoms with Crippen LogP contribution in [0.4, 0.5) is 19.0 Å². The number of nitrogens with two attached hydrogens (primary N) is 1. The normalized spacial score (nSPS) is 20.0. The first-order valence-electron chi connectivity index (χ1n) is 5.54. The molecule has 1 aromatic rings. The fourth-order valence-corrected chi connectivity index (χ4v) is 1.97. The van der Waals surface area contributed by atoms with Gasteiger partial charge in [0, 0.05) is 12.6 Å². The minimum atomic E-state index is -4.73. The molecule has 1 aliphatic rings. The number of nitrogens with zero attached hydrogens (tertiary/aromatic N) is 3. The molecule has 1 fully saturated rings. The van der Waals surface area contributed by atoms with Gasteiger partial charge in [-0.2, -0.15) is 13.2 Å². The number of carbonyl (C=O) groups is 1. The zero-order valence-electron chi connectivity index (χ0n) is 10.0. The zero-order valence-corrected chi connectivity index (χ0v) is 10.8. The van der Waals surface area contributed by atoms with Crippen LogP contribution in [0.3, 0.4) is 0 Å². The van der Waals surface area contributed by atoms with Crippen LogP contribution in [0, 0.1) is 0 Å². The lowest BCUT2D eigenvalue weighted by Crippen LogP contribution is -2.53. The van der Waals surface area contributed by atoms with E-state index < -0.39 is 23.9 Å². The number of alkyl halides is 3. The van der Waals surface area contributed by atoms with Crippen LogP contribution in [0.25, 0.3) is 0 Å². The monoisotopic (exact) mass is 310 g/mol. The molecule has 1 unspecified atom stereocenters. The predicted molar refractivity (Wildman–Crippen MR) is 63.2 cm³/mol. The number of hydrogen-bond donors (Lipinski definition) is 1. The lowest BCUT2D eigenvalue weighted by molar-refractivity contribution is -0.144. The van der Waals surface area contributed by atoms with E-state index in [0.29, 0.717) is 0 Å². The van der Waals surface area contributed by atoms with E-state index in [-0.39, 0.29) is 30.7 Å². The first kappa shape index (κ1) is 14.8. The highest BCUT2D eigenvalue weighted by atomic mass is 35.5. The molecule has 110 valence electrons. The summed E-state index contributed by atoms with van der Waals surface area (Å²) < 4.78 is 43.0. The molecule has 0 aromatic carbocycles. The molecule has 0 aliphatic carbocycles. The molecule has 0 saturated carbocycles. The van der Waals surface area contributed by atoms with Crippen molar-refractivity contribution >= 4 is 23.3 Å². The maximum Gasteiger partial charge on any atom is 0.451 e. The Morgan fingerprint density at radius 1 is 1.50 bits per heavy atom. The molecule has 0 radical (unpaired) electrons. The summed E-state index contributed by atoms with van der Waals surface area (Å²) in [6, 6.07) is 0.258. The van der Waals surface area contributed by atoms with E-state index in [0.717, 1.165) is 6.07 Å². The fraction of sp³-hybridized carbons (Fsp3) is 0.500. The van der Waals surface area contributed by atoms with Gasteiger partial charge in [-0.15, -0.1) is 0 Å². The Labute approximate surface area is 116 Å². The van der Waals surface area contributed by atoms with Crippen LogP contribution in [-0.4, -0.2) is 41.7 Å². The molecule has 10 heteroatoms. The van der Waals surface area contributed by atoms with Gasteiger partial charge in [-0.25, -0.2) is 9.97 Å². The van der Waals surface area contributed by atoms with E-state index in [1.807, 2.05) is 0 Å². The van der Waals surface area contributed by atoms with E-state index in [1.54, 1.807) is 0 Å². The summed E-state index contributed by atoms with van der Waals surface area (Å²) in [5, 5.41) is -0.364. The molecule has 1 aromatic heterocycles. The largest absolute Gasteiger partial charge is 0.451 e. The van der Waals surface area contributed by atoms with Gasteiger partial charge in [0.15, 0.2) is 0 Å². The van der Waals surface area contributed by atoms with Gasteiger partial charge in [0.25, 0.3) is 0 Å². The van der Waals surface area contributed by atoms with Crippen molar-refractivity contribution in [3.8, 4) is 0 Å². The molecule has 2 heterocycles. The maximum atomic E-state index is 12.7. The third-order valence-corrected chi connectivity index (χ3v) is 2.88. The summed E-state index contributed by atoms with van der Waals surface area (Å²) in [6.07, 6.45) is -4.73. The predicted octanol–water partition coefficient (Wildman–Crippen LogP) is 0.839. The molecular weight excluding hydrogens is 301 g/mol. The standard InChI is InChI=1S/C10H10ClF3N4O2/c11-6-3-7(17-9(16-6)10(12,13)14)18-1-2-20-4-5(18)8(15)19/h3,5H,1-2,4H2,(H2,15,19). The Balaban J connectivity index is 2.40. The van der Waals surface area contributed by atoms with Crippen LogP contribution < -0.4 is 10.6 Å². The number of amides is 1. The summed E-state index contributed by atoms with van der Waals surface area (Å²) in [7, 11) is 0. The summed E-state index contributed by atoms with van der Waals surface area (Å²) >= 11 is 5.58. The zero-order chi connectivity index (χ0) is 14.9. The number of ether oxygens (including phenoxy) is 1. The van der Waals surface area contributed by atoms with E-state index in [4.69, 9.17) is 22.1 Å². The van der Waals surface area contributed by atoms with Crippen molar-refractivity contribution in [3.63, 3.8) is 0 Å². The van der Waals surface area contributed by atoms with Gasteiger partial charge >= 0.3 is 6.18 Å². The van der Waals surface area contributed by atoms with Crippen LogP contribution in [0.5, 0.6) is 0 Å². The molecule has 1 amide bonds. The molecule has 2 N–H and O–H groups in total. The second-order valence-electron chi connectivity index (χ2n) is 4.06. The maximum absolute atomic E-state index is 12.7. The molecular formula is C10H10ClF3N4O2. The van der Waals surface area contributed by atoms with E-state index in [2.05, 4.69) is 9.97 Å². The van der Waals surface area contributed by atoms with Gasteiger partial charge in [-0.1, -0.05) is 11.6 Å². The summed E-state index contributed by atoms with van der Waals surface area (Å²) in [6.45, 7) is 0.406. The number of halogens is 4. The summed E-state index contributed by atoms with van der Waals surface area (Å²) in [5.74, 6) is -2.19. The Morgan fingerprint density at radius 3 is 2.80 bits per heavy atom. The Bertz CT molecular complexity index is 526. The lowest BCUT2D eigenvalue weighted by atomic mass is 10.2. The van der Waals surface area contributed by atoms with Crippen LogP contribution >= 0.6 is 11.6 Å². The third kappa shape index (κ3) is 3.10. The minimum absolute atomic E-state index is 0.0156. The van der Waals surface area contributed by atoms with Gasteiger partial charge in [-0.05, 0) is 0 Å². The smallest absolute Gasteiger partial charge is 0.377 e. The Kier molecular flexibility index (Phi) is 4.00. The number of primary amides is 1. The van der Waals surface area contributed by atoms with Crippen LogP contribution in [-0.2, 0) is 15.7 Å². The SMILES string of the molecule is NC(=O)C1COCCN1c1cc(Cl)nc(C(F)(F)F)n1. The van der Waals surface area contributed by atoms with Crippen LogP contribution in [0.2, 0.25) is 5.15 Å². The first-order chi connectivity index (χ1) is 9.29. The number of carbonyl (C=O) groups excluding carboxylic acids is 1. The first-order valence-corrected chi connectivity index (χ1v) is 5.92. The second kappa shape index (κ2) is 5.41. The molecule has 1 aliphatic heterocycles. The fourth-order valence-electron chi connectivity index (χ4n) is 1.79. The number of anilines is 1. The van der Waals surface area contributed by atoms with Gasteiger partial charge < -0.3 is 15.4 Å². The van der Waals surface area contributed by atoms with Crippen LogP contribution in [0.1, 0.15) is 5.82 Å². The average molecular weight is 311 g/mol. The summed E-state index contributed by atoms with van der Waals surface area (Å²) in [4.78, 5) is 19.2. The topological polar surface area (TPSA) is 81.3 Å². The van der Waals surface area contributed by atoms with E-state index in [1.165, 1.54) is 4.90 Å². The van der Waals surface area contributed by atoms with Crippen molar-refractivity contribution in [2.75, 3.05) is 24.7 Å². The van der Waals surface area contributed by atoms with Crippen molar-refractivity contribution in [3.05, 3.63) is 17.0 Å². The minimum Gasteiger partial charge on any atom is -0.377 e. The quantitative estimate of drug-likeness (QED) is 0.819. The molecule has 1 atom stereocenters. The molecule has 1 saturated heterocycles. The molecule has 0 bridgehead atoms. The second-order valence-corrected chi connectivity index (χ2v) is 4.44. The number of aromatic nitrogens is 2. The van der Waals surface area contributed by atoms with Crippen molar-refractivity contribution in [2.45, 2.75) is 12.2 Å². The van der Waals surface area contributed by atoms with E-state index >= 15 is 0 Å². The van der Waals surface area contributed by atoms with Gasteiger partial charge in [0.05, 0.1) is 13.2 Å². The van der Waals surface area contributed by atoms with Gasteiger partial charge in [0.2, 0.25) is 11.7 Å². The highest BCUT2D eigenvalue weighted by molar-refractivity contribution is 6.29. The number of hydrogen-bond acceptors (Lipinski definition) is 5. The van der Waals surface area contributed by atoms with Crippen molar-refractivity contribution in [1.29, 1.82) is 0 Å². The number of morpholine rings is 1. The highest BCUT2D eigenvalue weighted by Gasteiger charge is 2.37. The average Bonchev–Trinajstić information content (AvgIpc) is 2.37. The van der Waals surface area contributed by atoms with Crippen molar-refractivity contribution in [1.82, 2.24) is 9.97 Å². The third-order valence-electron chi connectivity index (χ3n) is 2.69.